The van der Waals surface area contributed by atoms with Gasteiger partial charge in [-0.1, -0.05) is 43.0 Å². The van der Waals surface area contributed by atoms with E-state index in [1.54, 1.807) is 0 Å². The van der Waals surface area contributed by atoms with Crippen molar-refractivity contribution in [1.29, 1.82) is 0 Å². The standard InChI is InChI=1S/C21H26N2O3S2/c1-3-16-7-5-6-12-22(16)19(24)14-23-20(25)18(28-21(23)27)13-15-8-10-17(11-9-15)26-4-2/h8-11,13,16H,3-7,12,14H2,1-2H3. The molecule has 0 N–H and O–H groups in total. The van der Waals surface area contributed by atoms with Crippen molar-refractivity contribution in [3.05, 3.63) is 34.7 Å². The van der Waals surface area contributed by atoms with Crippen LogP contribution in [0.25, 0.3) is 6.08 Å². The van der Waals surface area contributed by atoms with E-state index in [9.17, 15) is 9.59 Å². The van der Waals surface area contributed by atoms with E-state index in [2.05, 4.69) is 6.92 Å². The van der Waals surface area contributed by atoms with Crippen LogP contribution < -0.4 is 4.74 Å². The summed E-state index contributed by atoms with van der Waals surface area (Å²) in [5, 5.41) is 0. The van der Waals surface area contributed by atoms with E-state index in [1.165, 1.54) is 16.7 Å². The molecular formula is C21H26N2O3S2. The van der Waals surface area contributed by atoms with Gasteiger partial charge in [-0.15, -0.1) is 0 Å². The Morgan fingerprint density at radius 1 is 1.29 bits per heavy atom. The first kappa shape index (κ1) is 20.9. The Hall–Kier alpha value is -1.86. The van der Waals surface area contributed by atoms with E-state index in [-0.39, 0.29) is 24.4 Å². The second-order valence-corrected chi connectivity index (χ2v) is 8.59. The maximum Gasteiger partial charge on any atom is 0.266 e. The van der Waals surface area contributed by atoms with Crippen LogP contribution in [0, 0.1) is 0 Å². The van der Waals surface area contributed by atoms with Crippen LogP contribution in [0.5, 0.6) is 5.75 Å². The van der Waals surface area contributed by atoms with Crippen molar-refractivity contribution in [2.45, 2.75) is 45.6 Å². The fourth-order valence-corrected chi connectivity index (χ4v) is 4.85. The number of hydrogen-bond acceptors (Lipinski definition) is 5. The second-order valence-electron chi connectivity index (χ2n) is 6.91. The van der Waals surface area contributed by atoms with Crippen molar-refractivity contribution in [3.63, 3.8) is 0 Å². The third kappa shape index (κ3) is 4.75. The highest BCUT2D eigenvalue weighted by Crippen LogP contribution is 2.33. The average Bonchev–Trinajstić information content (AvgIpc) is 2.97. The lowest BCUT2D eigenvalue weighted by molar-refractivity contribution is -0.138. The molecule has 2 aliphatic heterocycles. The fourth-order valence-electron chi connectivity index (χ4n) is 3.59. The van der Waals surface area contributed by atoms with Gasteiger partial charge in [-0.3, -0.25) is 14.5 Å². The largest absolute Gasteiger partial charge is 0.494 e. The number of carbonyl (C=O) groups is 2. The normalized spacial score (nSPS) is 21.5. The molecule has 0 spiro atoms. The molecule has 150 valence electrons. The summed E-state index contributed by atoms with van der Waals surface area (Å²) in [6, 6.07) is 7.84. The molecule has 2 saturated heterocycles. The zero-order valence-corrected chi connectivity index (χ0v) is 18.0. The van der Waals surface area contributed by atoms with Crippen LogP contribution in [0.1, 0.15) is 45.1 Å². The van der Waals surface area contributed by atoms with Crippen LogP contribution in [-0.4, -0.2) is 51.7 Å². The molecule has 0 aliphatic carbocycles. The van der Waals surface area contributed by atoms with E-state index < -0.39 is 0 Å². The molecule has 7 heteroatoms. The summed E-state index contributed by atoms with van der Waals surface area (Å²) >= 11 is 6.63. The van der Waals surface area contributed by atoms with Gasteiger partial charge in [-0.2, -0.15) is 0 Å². The molecular weight excluding hydrogens is 392 g/mol. The number of thioether (sulfide) groups is 1. The molecule has 0 radical (unpaired) electrons. The fraction of sp³-hybridized carbons (Fsp3) is 0.476. The van der Waals surface area contributed by atoms with Gasteiger partial charge in [-0.25, -0.2) is 0 Å². The predicted molar refractivity (Wildman–Crippen MR) is 117 cm³/mol. The Morgan fingerprint density at radius 3 is 2.71 bits per heavy atom. The van der Waals surface area contributed by atoms with Crippen molar-refractivity contribution in [2.24, 2.45) is 0 Å². The monoisotopic (exact) mass is 418 g/mol. The van der Waals surface area contributed by atoms with Gasteiger partial charge in [0.05, 0.1) is 11.5 Å². The van der Waals surface area contributed by atoms with E-state index in [1.807, 2.05) is 42.2 Å². The summed E-state index contributed by atoms with van der Waals surface area (Å²) in [5.74, 6) is 0.595. The van der Waals surface area contributed by atoms with Gasteiger partial charge in [0, 0.05) is 12.6 Å². The number of benzene rings is 1. The smallest absolute Gasteiger partial charge is 0.266 e. The Morgan fingerprint density at radius 2 is 2.04 bits per heavy atom. The molecule has 3 rings (SSSR count). The highest BCUT2D eigenvalue weighted by atomic mass is 32.2. The van der Waals surface area contributed by atoms with E-state index in [4.69, 9.17) is 17.0 Å². The van der Waals surface area contributed by atoms with Crippen molar-refractivity contribution in [2.75, 3.05) is 19.7 Å². The minimum Gasteiger partial charge on any atom is -0.494 e. The zero-order valence-electron chi connectivity index (χ0n) is 16.3. The molecule has 0 aromatic heterocycles. The highest BCUT2D eigenvalue weighted by molar-refractivity contribution is 8.26. The van der Waals surface area contributed by atoms with Gasteiger partial charge in [0.2, 0.25) is 5.91 Å². The molecule has 2 fully saturated rings. The van der Waals surface area contributed by atoms with E-state index >= 15 is 0 Å². The van der Waals surface area contributed by atoms with Gasteiger partial charge in [0.15, 0.2) is 0 Å². The molecule has 1 aromatic carbocycles. The summed E-state index contributed by atoms with van der Waals surface area (Å²) in [4.78, 5) is 29.5. The topological polar surface area (TPSA) is 49.9 Å². The molecule has 2 heterocycles. The summed E-state index contributed by atoms with van der Waals surface area (Å²) < 4.78 is 5.89. The molecule has 0 saturated carbocycles. The minimum atomic E-state index is -0.192. The summed E-state index contributed by atoms with van der Waals surface area (Å²) in [6.07, 6.45) is 5.99. The molecule has 1 aromatic rings. The number of carbonyl (C=O) groups excluding carboxylic acids is 2. The average molecular weight is 419 g/mol. The van der Waals surface area contributed by atoms with E-state index in [0.29, 0.717) is 15.8 Å². The first-order valence-corrected chi connectivity index (χ1v) is 11.0. The molecule has 0 bridgehead atoms. The molecule has 28 heavy (non-hydrogen) atoms. The first-order chi connectivity index (χ1) is 13.5. The maximum absolute atomic E-state index is 12.8. The Bertz CT molecular complexity index is 776. The number of rotatable bonds is 6. The Kier molecular flexibility index (Phi) is 7.13. The van der Waals surface area contributed by atoms with Crippen LogP contribution in [0.3, 0.4) is 0 Å². The maximum atomic E-state index is 12.8. The number of thiocarbonyl (C=S) groups is 1. The van der Waals surface area contributed by atoms with Gasteiger partial charge >= 0.3 is 0 Å². The Balaban J connectivity index is 1.68. The molecule has 2 aliphatic rings. The third-order valence-electron chi connectivity index (χ3n) is 5.07. The third-order valence-corrected chi connectivity index (χ3v) is 6.45. The molecule has 1 unspecified atom stereocenters. The van der Waals surface area contributed by atoms with Gasteiger partial charge in [0.1, 0.15) is 16.6 Å². The lowest BCUT2D eigenvalue weighted by atomic mass is 10.00. The van der Waals surface area contributed by atoms with Crippen LogP contribution in [-0.2, 0) is 9.59 Å². The molecule has 1 atom stereocenters. The second kappa shape index (κ2) is 9.56. The van der Waals surface area contributed by atoms with Crippen LogP contribution >= 0.6 is 24.0 Å². The molecule has 5 nitrogen and oxygen atoms in total. The number of amides is 2. The van der Waals surface area contributed by atoms with E-state index in [0.717, 1.165) is 43.5 Å². The number of ether oxygens (including phenoxy) is 1. The van der Waals surface area contributed by atoms with Gasteiger partial charge < -0.3 is 9.64 Å². The lowest BCUT2D eigenvalue weighted by Gasteiger charge is -2.36. The van der Waals surface area contributed by atoms with Crippen molar-refractivity contribution in [1.82, 2.24) is 9.80 Å². The van der Waals surface area contributed by atoms with Crippen molar-refractivity contribution < 1.29 is 14.3 Å². The van der Waals surface area contributed by atoms with Crippen LogP contribution in [0.4, 0.5) is 0 Å². The SMILES string of the molecule is CCOc1ccc(C=C2SC(=S)N(CC(=O)N3CCCCC3CC)C2=O)cc1. The zero-order chi connectivity index (χ0) is 20.1. The summed E-state index contributed by atoms with van der Waals surface area (Å²) in [5.41, 5.74) is 0.900. The lowest BCUT2D eigenvalue weighted by Crippen LogP contribution is -2.48. The number of nitrogens with zero attached hydrogens (tertiary/aromatic N) is 2. The van der Waals surface area contributed by atoms with Crippen molar-refractivity contribution in [3.8, 4) is 5.75 Å². The van der Waals surface area contributed by atoms with Gasteiger partial charge in [-0.05, 0) is 56.4 Å². The first-order valence-electron chi connectivity index (χ1n) is 9.81. The molecule has 2 amide bonds. The minimum absolute atomic E-state index is 0.00910. The van der Waals surface area contributed by atoms with Crippen LogP contribution in [0.2, 0.25) is 0 Å². The summed E-state index contributed by atoms with van der Waals surface area (Å²) in [7, 11) is 0. The van der Waals surface area contributed by atoms with Gasteiger partial charge in [0.25, 0.3) is 5.91 Å². The number of piperidine rings is 1. The summed E-state index contributed by atoms with van der Waals surface area (Å²) in [6.45, 7) is 5.46. The number of hydrogen-bond donors (Lipinski definition) is 0. The highest BCUT2D eigenvalue weighted by Gasteiger charge is 2.35. The number of likely N-dealkylation sites (tertiary alicyclic amines) is 1. The van der Waals surface area contributed by atoms with Crippen LogP contribution in [0.15, 0.2) is 29.2 Å². The predicted octanol–water partition coefficient (Wildman–Crippen LogP) is 4.08. The van der Waals surface area contributed by atoms with Crippen molar-refractivity contribution >= 4 is 46.2 Å². The Labute approximate surface area is 176 Å². The quantitative estimate of drug-likeness (QED) is 0.515.